The Morgan fingerprint density at radius 2 is 2.00 bits per heavy atom. The van der Waals surface area contributed by atoms with Gasteiger partial charge in [-0.15, -0.1) is 11.3 Å². The molecule has 1 aromatic rings. The third-order valence-electron chi connectivity index (χ3n) is 3.25. The van der Waals surface area contributed by atoms with Gasteiger partial charge in [0.05, 0.1) is 4.90 Å². The molecule has 120 valence electrons. The van der Waals surface area contributed by atoms with Crippen LogP contribution >= 0.6 is 11.3 Å². The first-order valence-electron chi connectivity index (χ1n) is 6.47. The lowest BCUT2D eigenvalue weighted by Gasteiger charge is -2.20. The molecule has 0 amide bonds. The van der Waals surface area contributed by atoms with Crippen molar-refractivity contribution >= 4 is 21.4 Å². The van der Waals surface area contributed by atoms with Crippen LogP contribution < -0.4 is 10.0 Å². The van der Waals surface area contributed by atoms with Gasteiger partial charge in [0, 0.05) is 22.8 Å². The summed E-state index contributed by atoms with van der Waals surface area (Å²) in [5.41, 5.74) is -2.27. The minimum Gasteiger partial charge on any atom is -0.310 e. The van der Waals surface area contributed by atoms with E-state index in [0.717, 1.165) is 4.88 Å². The average molecular weight is 342 g/mol. The Morgan fingerprint density at radius 1 is 1.38 bits per heavy atom. The van der Waals surface area contributed by atoms with Crippen LogP contribution in [0, 0.1) is 0 Å². The van der Waals surface area contributed by atoms with Crippen LogP contribution in [0.4, 0.5) is 13.2 Å². The molecule has 1 aromatic heterocycles. The monoisotopic (exact) mass is 342 g/mol. The van der Waals surface area contributed by atoms with E-state index in [2.05, 4.69) is 5.32 Å². The Balaban J connectivity index is 2.10. The van der Waals surface area contributed by atoms with Crippen LogP contribution in [0.2, 0.25) is 0 Å². The van der Waals surface area contributed by atoms with Crippen molar-refractivity contribution in [3.63, 3.8) is 0 Å². The summed E-state index contributed by atoms with van der Waals surface area (Å²) in [4.78, 5) is 0.657. The van der Waals surface area contributed by atoms with E-state index in [0.29, 0.717) is 6.54 Å². The van der Waals surface area contributed by atoms with Crippen molar-refractivity contribution in [2.45, 2.75) is 55.9 Å². The van der Waals surface area contributed by atoms with Crippen molar-refractivity contribution in [3.05, 3.63) is 16.3 Å². The fraction of sp³-hybridized carbons (Fsp3) is 0.667. The third-order valence-corrected chi connectivity index (χ3v) is 5.85. The highest BCUT2D eigenvalue weighted by atomic mass is 32.2. The van der Waals surface area contributed by atoms with Gasteiger partial charge in [-0.05, 0) is 18.9 Å². The van der Waals surface area contributed by atoms with E-state index < -0.39 is 21.7 Å². The fourth-order valence-corrected chi connectivity index (χ4v) is 4.46. The molecule has 1 saturated carbocycles. The molecule has 0 aliphatic heterocycles. The molecule has 1 aliphatic carbocycles. The van der Waals surface area contributed by atoms with Crippen molar-refractivity contribution in [3.8, 4) is 0 Å². The Labute approximate surface area is 125 Å². The van der Waals surface area contributed by atoms with E-state index in [4.69, 9.17) is 0 Å². The van der Waals surface area contributed by atoms with Gasteiger partial charge in [-0.3, -0.25) is 0 Å². The molecule has 0 saturated heterocycles. The summed E-state index contributed by atoms with van der Waals surface area (Å²) in [6.07, 6.45) is -4.97. The SMILES string of the molecule is CC(C)NCc1cc(S(=O)(=O)NC2(C(F)(F)F)CC2)cs1. The number of hydrogen-bond donors (Lipinski definition) is 2. The number of rotatable bonds is 6. The lowest BCUT2D eigenvalue weighted by atomic mass is 10.3. The first-order chi connectivity index (χ1) is 9.56. The lowest BCUT2D eigenvalue weighted by Crippen LogP contribution is -2.47. The minimum atomic E-state index is -4.56. The number of sulfonamides is 1. The molecule has 1 heterocycles. The van der Waals surface area contributed by atoms with Crippen LogP contribution in [0.25, 0.3) is 0 Å². The zero-order chi connectivity index (χ0) is 15.9. The minimum absolute atomic E-state index is 0.108. The summed E-state index contributed by atoms with van der Waals surface area (Å²) in [6, 6.07) is 1.65. The predicted molar refractivity (Wildman–Crippen MR) is 74.6 cm³/mol. The number of nitrogens with one attached hydrogen (secondary N) is 2. The Hall–Kier alpha value is -0.640. The molecule has 9 heteroatoms. The van der Waals surface area contributed by atoms with Crippen molar-refractivity contribution in [2.24, 2.45) is 0 Å². The van der Waals surface area contributed by atoms with Crippen LogP contribution in [0.1, 0.15) is 31.6 Å². The summed E-state index contributed by atoms with van der Waals surface area (Å²) in [6.45, 7) is 4.39. The molecule has 0 aromatic carbocycles. The van der Waals surface area contributed by atoms with Gasteiger partial charge < -0.3 is 5.32 Å². The second kappa shape index (κ2) is 5.53. The second-order valence-electron chi connectivity index (χ2n) is 5.47. The van der Waals surface area contributed by atoms with Crippen LogP contribution in [0.3, 0.4) is 0 Å². The fourth-order valence-electron chi connectivity index (χ4n) is 1.78. The molecule has 0 unspecified atom stereocenters. The molecule has 1 fully saturated rings. The van der Waals surface area contributed by atoms with Crippen molar-refractivity contribution in [1.29, 1.82) is 0 Å². The predicted octanol–water partition coefficient (Wildman–Crippen LogP) is 2.62. The highest BCUT2D eigenvalue weighted by Gasteiger charge is 2.65. The average Bonchev–Trinajstić information content (AvgIpc) is 2.95. The van der Waals surface area contributed by atoms with Gasteiger partial charge >= 0.3 is 6.18 Å². The van der Waals surface area contributed by atoms with E-state index in [-0.39, 0.29) is 23.8 Å². The third kappa shape index (κ3) is 3.77. The highest BCUT2D eigenvalue weighted by Crippen LogP contribution is 2.49. The molecule has 0 spiro atoms. The lowest BCUT2D eigenvalue weighted by molar-refractivity contribution is -0.160. The molecule has 21 heavy (non-hydrogen) atoms. The number of thiophene rings is 1. The Morgan fingerprint density at radius 3 is 2.48 bits per heavy atom. The number of halogens is 3. The van der Waals surface area contributed by atoms with Crippen molar-refractivity contribution < 1.29 is 21.6 Å². The maximum Gasteiger partial charge on any atom is 0.407 e. The molecular formula is C12H17F3N2O2S2. The van der Waals surface area contributed by atoms with Gasteiger partial charge in [-0.25, -0.2) is 8.42 Å². The summed E-state index contributed by atoms with van der Waals surface area (Å²) in [7, 11) is -4.14. The van der Waals surface area contributed by atoms with E-state index in [9.17, 15) is 21.6 Å². The summed E-state index contributed by atoms with van der Waals surface area (Å²) < 4.78 is 64.4. The zero-order valence-corrected chi connectivity index (χ0v) is 13.3. The largest absolute Gasteiger partial charge is 0.407 e. The van der Waals surface area contributed by atoms with Crippen LogP contribution in [-0.4, -0.2) is 26.2 Å². The van der Waals surface area contributed by atoms with Gasteiger partial charge in [0.1, 0.15) is 5.54 Å². The van der Waals surface area contributed by atoms with Gasteiger partial charge in [0.15, 0.2) is 0 Å². The second-order valence-corrected chi connectivity index (χ2v) is 8.15. The summed E-state index contributed by atoms with van der Waals surface area (Å²) in [5.74, 6) is 0. The first-order valence-corrected chi connectivity index (χ1v) is 8.83. The van der Waals surface area contributed by atoms with Crippen molar-refractivity contribution in [2.75, 3.05) is 0 Å². The van der Waals surface area contributed by atoms with E-state index in [1.54, 1.807) is 0 Å². The molecule has 0 bridgehead atoms. The van der Waals surface area contributed by atoms with Crippen LogP contribution in [-0.2, 0) is 16.6 Å². The molecule has 1 aliphatic rings. The molecule has 2 rings (SSSR count). The molecule has 2 N–H and O–H groups in total. The first kappa shape index (κ1) is 16.7. The molecule has 4 nitrogen and oxygen atoms in total. The normalized spacial score (nSPS) is 18.2. The van der Waals surface area contributed by atoms with Gasteiger partial charge in [-0.1, -0.05) is 13.8 Å². The zero-order valence-electron chi connectivity index (χ0n) is 11.6. The molecular weight excluding hydrogens is 325 g/mol. The summed E-state index contributed by atoms with van der Waals surface area (Å²) in [5, 5.41) is 4.49. The van der Waals surface area contributed by atoms with E-state index >= 15 is 0 Å². The molecule has 0 atom stereocenters. The smallest absolute Gasteiger partial charge is 0.310 e. The topological polar surface area (TPSA) is 58.2 Å². The number of alkyl halides is 3. The van der Waals surface area contributed by atoms with Gasteiger partial charge in [0.25, 0.3) is 0 Å². The number of hydrogen-bond acceptors (Lipinski definition) is 4. The Bertz CT molecular complexity index is 604. The van der Waals surface area contributed by atoms with Crippen LogP contribution in [0.5, 0.6) is 0 Å². The summed E-state index contributed by atoms with van der Waals surface area (Å²) >= 11 is 1.21. The van der Waals surface area contributed by atoms with Crippen LogP contribution in [0.15, 0.2) is 16.3 Å². The highest BCUT2D eigenvalue weighted by molar-refractivity contribution is 7.89. The maximum atomic E-state index is 12.8. The van der Waals surface area contributed by atoms with Gasteiger partial charge in [0.2, 0.25) is 10.0 Å². The van der Waals surface area contributed by atoms with E-state index in [1.807, 2.05) is 18.6 Å². The van der Waals surface area contributed by atoms with E-state index in [1.165, 1.54) is 22.8 Å². The quantitative estimate of drug-likeness (QED) is 0.835. The maximum absolute atomic E-state index is 12.8. The van der Waals surface area contributed by atoms with Crippen molar-refractivity contribution in [1.82, 2.24) is 10.0 Å². The van der Waals surface area contributed by atoms with Gasteiger partial charge in [-0.2, -0.15) is 17.9 Å². The Kier molecular flexibility index (Phi) is 4.40. The molecule has 0 radical (unpaired) electrons. The standard InChI is InChI=1S/C12H17F3N2O2S2/c1-8(2)16-6-9-5-10(7-20-9)21(18,19)17-11(3-4-11)12(13,14)15/h5,7-8,16-17H,3-4,6H2,1-2H3.